The summed E-state index contributed by atoms with van der Waals surface area (Å²) >= 11 is 0. The van der Waals surface area contributed by atoms with Gasteiger partial charge in [0.05, 0.1) is 0 Å². The van der Waals surface area contributed by atoms with Gasteiger partial charge in [0.1, 0.15) is 11.2 Å². The molecule has 0 radical (unpaired) electrons. The highest BCUT2D eigenvalue weighted by Crippen LogP contribution is 2.38. The lowest BCUT2D eigenvalue weighted by atomic mass is 10.00. The fourth-order valence-corrected chi connectivity index (χ4v) is 6.09. The van der Waals surface area contributed by atoms with E-state index in [1.165, 1.54) is 16.2 Å². The van der Waals surface area contributed by atoms with Crippen LogP contribution in [0, 0.1) is 0 Å². The van der Waals surface area contributed by atoms with Crippen molar-refractivity contribution in [2.24, 2.45) is 0 Å². The first kappa shape index (κ1) is 23.7. The minimum atomic E-state index is 0.599. The zero-order chi connectivity index (χ0) is 28.3. The lowest BCUT2D eigenvalue weighted by molar-refractivity contribution is 0.669. The van der Waals surface area contributed by atoms with Crippen LogP contribution in [0.5, 0.6) is 0 Å². The van der Waals surface area contributed by atoms with E-state index in [0.29, 0.717) is 17.5 Å². The molecule has 0 aliphatic heterocycles. The molecule has 43 heavy (non-hydrogen) atoms. The van der Waals surface area contributed by atoms with Gasteiger partial charge in [-0.3, -0.25) is 4.98 Å². The molecule has 0 aliphatic rings. The summed E-state index contributed by atoms with van der Waals surface area (Å²) in [6.45, 7) is 0. The Morgan fingerprint density at radius 2 is 1.23 bits per heavy atom. The molecule has 0 saturated carbocycles. The molecule has 6 aromatic carbocycles. The molecule has 0 amide bonds. The number of nitrogens with zero attached hydrogens (tertiary/aromatic N) is 4. The van der Waals surface area contributed by atoms with E-state index in [1.807, 2.05) is 54.7 Å². The minimum Gasteiger partial charge on any atom is -0.456 e. The van der Waals surface area contributed by atoms with Crippen molar-refractivity contribution in [3.05, 3.63) is 134 Å². The van der Waals surface area contributed by atoms with Crippen molar-refractivity contribution in [2.75, 3.05) is 0 Å². The third-order valence-corrected chi connectivity index (χ3v) is 8.17. The van der Waals surface area contributed by atoms with Crippen molar-refractivity contribution in [1.82, 2.24) is 19.9 Å². The molecule has 5 nitrogen and oxygen atoms in total. The molecule has 0 spiro atoms. The van der Waals surface area contributed by atoms with Crippen LogP contribution in [-0.4, -0.2) is 19.9 Å². The molecule has 200 valence electrons. The Labute approximate surface area is 246 Å². The second kappa shape index (κ2) is 9.29. The topological polar surface area (TPSA) is 64.7 Å². The Kier molecular flexibility index (Phi) is 5.13. The Morgan fingerprint density at radius 3 is 2.16 bits per heavy atom. The smallest absolute Gasteiger partial charge is 0.164 e. The predicted octanol–water partition coefficient (Wildman–Crippen LogP) is 9.63. The molecule has 0 bridgehead atoms. The van der Waals surface area contributed by atoms with Crippen molar-refractivity contribution in [2.45, 2.75) is 0 Å². The van der Waals surface area contributed by atoms with Crippen LogP contribution in [0.15, 0.2) is 138 Å². The Balaban J connectivity index is 1.30. The first-order valence-corrected chi connectivity index (χ1v) is 14.2. The van der Waals surface area contributed by atoms with Crippen LogP contribution >= 0.6 is 0 Å². The summed E-state index contributed by atoms with van der Waals surface area (Å²) in [6, 6.07) is 41.6. The molecule has 0 unspecified atom stereocenters. The standard InChI is InChI=1S/C38H22N4O/c1-2-8-24(9-3-1)36-40-37(27-15-16-30-26(19-27)14-13-23-7-4-5-10-29(23)30)42-38(41-36)31-11-6-12-33-35(31)32-20-28-22-39-18-17-25(28)21-34(32)43-33/h1-22H. The summed E-state index contributed by atoms with van der Waals surface area (Å²) in [5.74, 6) is 1.85. The second-order valence-corrected chi connectivity index (χ2v) is 10.7. The van der Waals surface area contributed by atoms with Gasteiger partial charge in [0.25, 0.3) is 0 Å². The Bertz CT molecular complexity index is 2520. The average molecular weight is 551 g/mol. The fraction of sp³-hybridized carbons (Fsp3) is 0. The molecule has 9 rings (SSSR count). The van der Waals surface area contributed by atoms with E-state index in [-0.39, 0.29) is 0 Å². The molecule has 0 N–H and O–H groups in total. The molecule has 0 aliphatic carbocycles. The molecule has 0 fully saturated rings. The number of hydrogen-bond donors (Lipinski definition) is 0. The van der Waals surface area contributed by atoms with E-state index in [0.717, 1.165) is 54.8 Å². The summed E-state index contributed by atoms with van der Waals surface area (Å²) in [6.07, 6.45) is 3.68. The molecular weight excluding hydrogens is 528 g/mol. The molecule has 5 heteroatoms. The van der Waals surface area contributed by atoms with Crippen LogP contribution in [0.25, 0.3) is 88.4 Å². The molecule has 0 saturated heterocycles. The first-order chi connectivity index (χ1) is 21.3. The monoisotopic (exact) mass is 550 g/mol. The van der Waals surface area contributed by atoms with E-state index < -0.39 is 0 Å². The lowest BCUT2D eigenvalue weighted by Gasteiger charge is -2.10. The van der Waals surface area contributed by atoms with E-state index in [4.69, 9.17) is 19.4 Å². The molecule has 9 aromatic rings. The first-order valence-electron chi connectivity index (χ1n) is 14.2. The van der Waals surface area contributed by atoms with Crippen molar-refractivity contribution in [3.8, 4) is 34.2 Å². The van der Waals surface area contributed by atoms with Crippen LogP contribution in [0.4, 0.5) is 0 Å². The van der Waals surface area contributed by atoms with Crippen LogP contribution < -0.4 is 0 Å². The van der Waals surface area contributed by atoms with Crippen molar-refractivity contribution in [1.29, 1.82) is 0 Å². The van der Waals surface area contributed by atoms with Crippen molar-refractivity contribution >= 4 is 54.3 Å². The highest BCUT2D eigenvalue weighted by Gasteiger charge is 2.18. The summed E-state index contributed by atoms with van der Waals surface area (Å²) < 4.78 is 6.34. The minimum absolute atomic E-state index is 0.599. The second-order valence-electron chi connectivity index (χ2n) is 10.7. The third-order valence-electron chi connectivity index (χ3n) is 8.17. The van der Waals surface area contributed by atoms with Gasteiger partial charge in [0.15, 0.2) is 17.5 Å². The molecule has 3 heterocycles. The zero-order valence-corrected chi connectivity index (χ0v) is 22.9. The number of benzene rings is 6. The molecule has 0 atom stereocenters. The zero-order valence-electron chi connectivity index (χ0n) is 22.9. The summed E-state index contributed by atoms with van der Waals surface area (Å²) in [4.78, 5) is 19.4. The molecular formula is C38H22N4O. The number of aromatic nitrogens is 4. The van der Waals surface area contributed by atoms with Gasteiger partial charge in [-0.1, -0.05) is 91.0 Å². The summed E-state index contributed by atoms with van der Waals surface area (Å²) in [7, 11) is 0. The maximum atomic E-state index is 6.34. The largest absolute Gasteiger partial charge is 0.456 e. The number of pyridine rings is 1. The fourth-order valence-electron chi connectivity index (χ4n) is 6.09. The van der Waals surface area contributed by atoms with E-state index >= 15 is 0 Å². The van der Waals surface area contributed by atoms with E-state index in [1.54, 1.807) is 6.20 Å². The normalized spacial score (nSPS) is 11.7. The van der Waals surface area contributed by atoms with Gasteiger partial charge < -0.3 is 4.42 Å². The SMILES string of the molecule is c1ccc(-c2nc(-c3ccc4c(ccc5ccccc54)c3)nc(-c3cccc4oc5cc6ccncc6cc5c34)n2)cc1. The number of hydrogen-bond acceptors (Lipinski definition) is 5. The lowest BCUT2D eigenvalue weighted by Crippen LogP contribution is -2.00. The maximum absolute atomic E-state index is 6.34. The van der Waals surface area contributed by atoms with Crippen LogP contribution in [0.3, 0.4) is 0 Å². The van der Waals surface area contributed by atoms with Crippen LogP contribution in [-0.2, 0) is 0 Å². The Hall–Kier alpha value is -5.94. The van der Waals surface area contributed by atoms with Gasteiger partial charge in [0, 0.05) is 45.2 Å². The van der Waals surface area contributed by atoms with Gasteiger partial charge in [-0.15, -0.1) is 0 Å². The predicted molar refractivity (Wildman–Crippen MR) is 174 cm³/mol. The van der Waals surface area contributed by atoms with E-state index in [2.05, 4.69) is 77.8 Å². The number of fused-ring (bicyclic) bond motifs is 7. The highest BCUT2D eigenvalue weighted by molar-refractivity contribution is 6.15. The number of rotatable bonds is 3. The Morgan fingerprint density at radius 1 is 0.442 bits per heavy atom. The van der Waals surface area contributed by atoms with Gasteiger partial charge in [-0.25, -0.2) is 15.0 Å². The van der Waals surface area contributed by atoms with Crippen LogP contribution in [0.1, 0.15) is 0 Å². The third kappa shape index (κ3) is 3.86. The van der Waals surface area contributed by atoms with Crippen molar-refractivity contribution < 1.29 is 4.42 Å². The van der Waals surface area contributed by atoms with Gasteiger partial charge in [-0.05, 0) is 57.3 Å². The summed E-state index contributed by atoms with van der Waals surface area (Å²) in [5, 5.41) is 8.92. The highest BCUT2D eigenvalue weighted by atomic mass is 16.3. The number of furan rings is 1. The van der Waals surface area contributed by atoms with Crippen molar-refractivity contribution in [3.63, 3.8) is 0 Å². The van der Waals surface area contributed by atoms with Gasteiger partial charge >= 0.3 is 0 Å². The van der Waals surface area contributed by atoms with Gasteiger partial charge in [0.2, 0.25) is 0 Å². The van der Waals surface area contributed by atoms with E-state index in [9.17, 15) is 0 Å². The summed E-state index contributed by atoms with van der Waals surface area (Å²) in [5.41, 5.74) is 4.37. The van der Waals surface area contributed by atoms with Gasteiger partial charge in [-0.2, -0.15) is 0 Å². The maximum Gasteiger partial charge on any atom is 0.164 e. The van der Waals surface area contributed by atoms with Crippen LogP contribution in [0.2, 0.25) is 0 Å². The quantitative estimate of drug-likeness (QED) is 0.205. The average Bonchev–Trinajstić information content (AvgIpc) is 3.44. The molecule has 3 aromatic heterocycles.